The van der Waals surface area contributed by atoms with Crippen LogP contribution in [0.15, 0.2) is 23.8 Å². The van der Waals surface area contributed by atoms with Crippen molar-refractivity contribution >= 4 is 29.9 Å². The van der Waals surface area contributed by atoms with E-state index in [0.29, 0.717) is 5.56 Å². The summed E-state index contributed by atoms with van der Waals surface area (Å²) in [7, 11) is 3.92. The minimum atomic E-state index is -1.38. The van der Waals surface area contributed by atoms with Gasteiger partial charge in [-0.3, -0.25) is 19.4 Å². The Kier molecular flexibility index (Phi) is 5.30. The number of methoxy groups -OCH3 is 1. The number of aliphatic carboxylic acids is 1. The van der Waals surface area contributed by atoms with Crippen molar-refractivity contribution < 1.29 is 33.8 Å². The molecule has 1 aromatic rings. The number of carbonyl (C=O) groups is 4. The molecule has 1 atom stereocenters. The van der Waals surface area contributed by atoms with E-state index in [1.54, 1.807) is 0 Å². The third-order valence-corrected chi connectivity index (χ3v) is 3.78. The van der Waals surface area contributed by atoms with Crippen LogP contribution in [0.4, 0.5) is 4.79 Å². The van der Waals surface area contributed by atoms with Gasteiger partial charge in [0.05, 0.1) is 13.1 Å². The van der Waals surface area contributed by atoms with Crippen LogP contribution in [0.3, 0.4) is 0 Å². The maximum atomic E-state index is 12.2. The van der Waals surface area contributed by atoms with E-state index in [2.05, 4.69) is 0 Å². The van der Waals surface area contributed by atoms with Gasteiger partial charge in [0.15, 0.2) is 11.5 Å². The number of nitrogens with zero attached hydrogens (tertiary/aromatic N) is 2. The number of hydrogen-bond donors (Lipinski definition) is 0. The van der Waals surface area contributed by atoms with Crippen molar-refractivity contribution in [2.75, 3.05) is 21.2 Å². The number of likely N-dealkylation sites (N-methyl/N-ethyl adjacent to an activating group) is 2. The quantitative estimate of drug-likeness (QED) is 0.520. The van der Waals surface area contributed by atoms with Crippen LogP contribution in [-0.4, -0.2) is 60.9 Å². The standard InChI is InChI=1S/C17H18N2O7/c1-9(16(22)23)26-12-6-5-10(8-13(12)25-4)7-11-14(20)18(2)17(24)19(3)15(11)21/h5-9H,1-4H3,(H,22,23)/p-1/t9-/m1/s1. The lowest BCUT2D eigenvalue weighted by atomic mass is 10.1. The van der Waals surface area contributed by atoms with Gasteiger partial charge in [0, 0.05) is 14.1 Å². The second kappa shape index (κ2) is 7.26. The molecule has 2 rings (SSSR count). The molecule has 1 heterocycles. The van der Waals surface area contributed by atoms with Gasteiger partial charge in [0.1, 0.15) is 11.7 Å². The molecule has 0 aliphatic carbocycles. The van der Waals surface area contributed by atoms with E-state index < -0.39 is 29.9 Å². The van der Waals surface area contributed by atoms with E-state index in [1.165, 1.54) is 52.4 Å². The fraction of sp³-hybridized carbons (Fsp3) is 0.294. The smallest absolute Gasteiger partial charge is 0.333 e. The first-order valence-electron chi connectivity index (χ1n) is 7.54. The number of rotatable bonds is 5. The van der Waals surface area contributed by atoms with Crippen molar-refractivity contribution in [2.45, 2.75) is 13.0 Å². The number of amides is 4. The summed E-state index contributed by atoms with van der Waals surface area (Å²) in [5, 5.41) is 10.8. The second-order valence-electron chi connectivity index (χ2n) is 5.56. The molecule has 0 radical (unpaired) electrons. The molecule has 0 N–H and O–H groups in total. The zero-order valence-electron chi connectivity index (χ0n) is 14.6. The third-order valence-electron chi connectivity index (χ3n) is 3.78. The summed E-state index contributed by atoms with van der Waals surface area (Å²) in [5.41, 5.74) is 0.247. The van der Waals surface area contributed by atoms with Crippen LogP contribution < -0.4 is 14.6 Å². The van der Waals surface area contributed by atoms with Gasteiger partial charge in [0.25, 0.3) is 11.8 Å². The third kappa shape index (κ3) is 3.51. The van der Waals surface area contributed by atoms with Crippen molar-refractivity contribution in [3.8, 4) is 11.5 Å². The van der Waals surface area contributed by atoms with Crippen molar-refractivity contribution in [3.63, 3.8) is 0 Å². The number of urea groups is 1. The molecular weight excluding hydrogens is 344 g/mol. The Bertz CT molecular complexity index is 789. The number of carbonyl (C=O) groups excluding carboxylic acids is 4. The summed E-state index contributed by atoms with van der Waals surface area (Å²) in [6, 6.07) is 3.72. The average molecular weight is 361 g/mol. The molecule has 138 valence electrons. The number of hydrogen-bond acceptors (Lipinski definition) is 7. The number of carboxylic acid groups (broad SMARTS) is 1. The maximum absolute atomic E-state index is 12.2. The van der Waals surface area contributed by atoms with Crippen LogP contribution in [0.1, 0.15) is 12.5 Å². The molecule has 1 aliphatic heterocycles. The van der Waals surface area contributed by atoms with Gasteiger partial charge >= 0.3 is 6.03 Å². The largest absolute Gasteiger partial charge is 0.546 e. The second-order valence-corrected chi connectivity index (χ2v) is 5.56. The molecule has 0 saturated carbocycles. The maximum Gasteiger partial charge on any atom is 0.333 e. The number of ether oxygens (including phenoxy) is 2. The first kappa shape index (κ1) is 19.0. The van der Waals surface area contributed by atoms with E-state index in [9.17, 15) is 24.3 Å². The normalized spacial score (nSPS) is 15.8. The molecule has 1 saturated heterocycles. The predicted octanol–water partition coefficient (Wildman–Crippen LogP) is -0.354. The van der Waals surface area contributed by atoms with Crippen molar-refractivity contribution in [2.24, 2.45) is 0 Å². The zero-order valence-corrected chi connectivity index (χ0v) is 14.6. The predicted molar refractivity (Wildman–Crippen MR) is 87.0 cm³/mol. The summed E-state index contributed by atoms with van der Waals surface area (Å²) in [4.78, 5) is 48.6. The lowest BCUT2D eigenvalue weighted by Crippen LogP contribution is -2.52. The fourth-order valence-electron chi connectivity index (χ4n) is 2.25. The Hall–Kier alpha value is -3.36. The van der Waals surface area contributed by atoms with Gasteiger partial charge in [-0.1, -0.05) is 6.07 Å². The molecule has 9 heteroatoms. The van der Waals surface area contributed by atoms with Crippen LogP contribution in [0, 0.1) is 0 Å². The van der Waals surface area contributed by atoms with E-state index in [4.69, 9.17) is 9.47 Å². The zero-order chi connectivity index (χ0) is 19.6. The van der Waals surface area contributed by atoms with E-state index >= 15 is 0 Å². The molecule has 0 bridgehead atoms. The molecule has 1 fully saturated rings. The number of benzene rings is 1. The highest BCUT2D eigenvalue weighted by molar-refractivity contribution is 6.30. The van der Waals surface area contributed by atoms with Crippen LogP contribution >= 0.6 is 0 Å². The highest BCUT2D eigenvalue weighted by Crippen LogP contribution is 2.30. The Morgan fingerprint density at radius 3 is 2.19 bits per heavy atom. The van der Waals surface area contributed by atoms with Gasteiger partial charge < -0.3 is 19.4 Å². The minimum Gasteiger partial charge on any atom is -0.546 e. The molecule has 26 heavy (non-hydrogen) atoms. The Morgan fingerprint density at radius 1 is 1.12 bits per heavy atom. The average Bonchev–Trinajstić information content (AvgIpc) is 2.62. The Balaban J connectivity index is 2.38. The number of imide groups is 2. The lowest BCUT2D eigenvalue weighted by Gasteiger charge is -2.28. The first-order valence-corrected chi connectivity index (χ1v) is 7.54. The van der Waals surface area contributed by atoms with Gasteiger partial charge in [-0.25, -0.2) is 4.79 Å². The van der Waals surface area contributed by atoms with Gasteiger partial charge in [0.2, 0.25) is 0 Å². The summed E-state index contributed by atoms with van der Waals surface area (Å²) in [6.07, 6.45) is 0.126. The highest BCUT2D eigenvalue weighted by Gasteiger charge is 2.37. The molecule has 1 aliphatic rings. The summed E-state index contributed by atoms with van der Waals surface area (Å²) in [6.45, 7) is 1.31. The molecule has 4 amide bonds. The molecule has 0 unspecified atom stereocenters. The SMILES string of the molecule is COc1cc(C=C2C(=O)N(C)C(=O)N(C)C2=O)ccc1O[C@H](C)C(=O)[O-]. The number of carboxylic acids is 1. The topological polar surface area (TPSA) is 116 Å². The lowest BCUT2D eigenvalue weighted by molar-refractivity contribution is -0.312. The van der Waals surface area contributed by atoms with Crippen LogP contribution in [0.5, 0.6) is 11.5 Å². The molecule has 1 aromatic carbocycles. The molecule has 0 aromatic heterocycles. The van der Waals surface area contributed by atoms with Crippen molar-refractivity contribution in [1.29, 1.82) is 0 Å². The number of barbiturate groups is 1. The first-order chi connectivity index (χ1) is 12.2. The van der Waals surface area contributed by atoms with Crippen LogP contribution in [-0.2, 0) is 14.4 Å². The Morgan fingerprint density at radius 2 is 1.69 bits per heavy atom. The molecule has 0 spiro atoms. The van der Waals surface area contributed by atoms with Gasteiger partial charge in [-0.15, -0.1) is 0 Å². The highest BCUT2D eigenvalue weighted by atomic mass is 16.5. The van der Waals surface area contributed by atoms with Crippen LogP contribution in [0.2, 0.25) is 0 Å². The summed E-state index contributed by atoms with van der Waals surface area (Å²) in [5.74, 6) is -2.45. The van der Waals surface area contributed by atoms with Gasteiger partial charge in [-0.05, 0) is 30.7 Å². The van der Waals surface area contributed by atoms with Gasteiger partial charge in [-0.2, -0.15) is 0 Å². The van der Waals surface area contributed by atoms with Crippen molar-refractivity contribution in [1.82, 2.24) is 9.80 Å². The van der Waals surface area contributed by atoms with E-state index in [1.807, 2.05) is 0 Å². The Labute approximate surface area is 149 Å². The monoisotopic (exact) mass is 361 g/mol. The van der Waals surface area contributed by atoms with E-state index in [-0.39, 0.29) is 17.1 Å². The summed E-state index contributed by atoms with van der Waals surface area (Å²) < 4.78 is 10.4. The van der Waals surface area contributed by atoms with Crippen molar-refractivity contribution in [3.05, 3.63) is 29.3 Å². The molecular formula is C17H17N2O7-. The molecule has 9 nitrogen and oxygen atoms in total. The van der Waals surface area contributed by atoms with E-state index in [0.717, 1.165) is 9.80 Å². The fourth-order valence-corrected chi connectivity index (χ4v) is 2.25. The minimum absolute atomic E-state index is 0.164. The van der Waals surface area contributed by atoms with Crippen LogP contribution in [0.25, 0.3) is 6.08 Å². The summed E-state index contributed by atoms with van der Waals surface area (Å²) >= 11 is 0.